The second kappa shape index (κ2) is 9.36. The lowest BCUT2D eigenvalue weighted by Crippen LogP contribution is -2.36. The number of rotatable bonds is 7. The Bertz CT molecular complexity index is 1110. The van der Waals surface area contributed by atoms with Crippen LogP contribution in [0.3, 0.4) is 0 Å². The van der Waals surface area contributed by atoms with Crippen molar-refractivity contribution in [2.75, 3.05) is 13.1 Å². The maximum atomic E-state index is 12.7. The number of piperidine rings is 1. The smallest absolute Gasteiger partial charge is 0.224 e. The molecule has 1 N–H and O–H groups in total. The molecule has 0 unspecified atom stereocenters. The van der Waals surface area contributed by atoms with E-state index in [9.17, 15) is 4.79 Å². The van der Waals surface area contributed by atoms with Crippen LogP contribution < -0.4 is 10.1 Å². The van der Waals surface area contributed by atoms with E-state index < -0.39 is 0 Å². The van der Waals surface area contributed by atoms with Crippen LogP contribution in [0.4, 0.5) is 0 Å². The minimum absolute atomic E-state index is 0.159. The number of para-hydroxylation sites is 1. The van der Waals surface area contributed by atoms with E-state index in [1.165, 1.54) is 5.56 Å². The number of carbonyl (C=O) groups is 1. The molecule has 0 radical (unpaired) electrons. The van der Waals surface area contributed by atoms with Gasteiger partial charge in [0, 0.05) is 18.2 Å². The maximum absolute atomic E-state index is 12.7. The molecule has 1 saturated carbocycles. The highest BCUT2D eigenvalue weighted by molar-refractivity contribution is 5.82. The highest BCUT2D eigenvalue weighted by Crippen LogP contribution is 2.59. The van der Waals surface area contributed by atoms with Gasteiger partial charge >= 0.3 is 0 Å². The summed E-state index contributed by atoms with van der Waals surface area (Å²) in [6.07, 6.45) is 3.20. The predicted octanol–water partition coefficient (Wildman–Crippen LogP) is 5.10. The molecule has 0 bridgehead atoms. The Morgan fingerprint density at radius 3 is 2.58 bits per heavy atom. The van der Waals surface area contributed by atoms with Gasteiger partial charge in [-0.25, -0.2) is 0 Å². The Morgan fingerprint density at radius 2 is 1.79 bits per heavy atom. The zero-order valence-electron chi connectivity index (χ0n) is 19.2. The normalized spacial score (nSPS) is 19.2. The third-order valence-corrected chi connectivity index (χ3v) is 7.03. The standard InChI is InChI=1S/C28H31N3O2/c1-21-7-5-9-23(30-21)19-29-27(32)26-18-28(26)13-15-31(16-14-28)20-22-8-6-12-25(17-22)33-24-10-3-2-4-11-24/h2-12,17,26H,13-16,18-20H2,1H3,(H,29,32)/t26-/m0/s1. The molecule has 2 aromatic carbocycles. The fourth-order valence-electron chi connectivity index (χ4n) is 5.02. The van der Waals surface area contributed by atoms with Crippen LogP contribution in [-0.2, 0) is 17.9 Å². The average Bonchev–Trinajstić information content (AvgIpc) is 3.54. The zero-order valence-corrected chi connectivity index (χ0v) is 19.2. The van der Waals surface area contributed by atoms with Gasteiger partial charge < -0.3 is 10.1 Å². The monoisotopic (exact) mass is 441 g/mol. The van der Waals surface area contributed by atoms with Crippen LogP contribution >= 0.6 is 0 Å². The van der Waals surface area contributed by atoms with Gasteiger partial charge in [0.1, 0.15) is 11.5 Å². The van der Waals surface area contributed by atoms with Crippen LogP contribution in [0.1, 0.15) is 36.2 Å². The van der Waals surface area contributed by atoms with E-state index in [0.29, 0.717) is 6.54 Å². The van der Waals surface area contributed by atoms with Crippen LogP contribution in [0.25, 0.3) is 0 Å². The summed E-state index contributed by atoms with van der Waals surface area (Å²) in [5.74, 6) is 2.07. The van der Waals surface area contributed by atoms with Crippen molar-refractivity contribution in [1.82, 2.24) is 15.2 Å². The van der Waals surface area contributed by atoms with E-state index in [-0.39, 0.29) is 17.2 Å². The minimum atomic E-state index is 0.159. The van der Waals surface area contributed by atoms with Crippen molar-refractivity contribution < 1.29 is 9.53 Å². The summed E-state index contributed by atoms with van der Waals surface area (Å²) in [4.78, 5) is 19.7. The topological polar surface area (TPSA) is 54.5 Å². The molecule has 1 aliphatic carbocycles. The molecule has 1 amide bonds. The molecular formula is C28H31N3O2. The number of aryl methyl sites for hydroxylation is 1. The SMILES string of the molecule is Cc1cccc(CNC(=O)[C@@H]2CC23CCN(Cc2cccc(Oc4ccccc4)c2)CC3)n1. The van der Waals surface area contributed by atoms with Gasteiger partial charge in [0.25, 0.3) is 0 Å². The first-order valence-electron chi connectivity index (χ1n) is 11.8. The van der Waals surface area contributed by atoms with Gasteiger partial charge in [-0.3, -0.25) is 14.7 Å². The second-order valence-corrected chi connectivity index (χ2v) is 9.45. The third-order valence-electron chi connectivity index (χ3n) is 7.03. The molecule has 170 valence electrons. The number of benzene rings is 2. The number of aromatic nitrogens is 1. The molecule has 2 aliphatic rings. The van der Waals surface area contributed by atoms with Gasteiger partial charge in [-0.1, -0.05) is 36.4 Å². The van der Waals surface area contributed by atoms with Crippen molar-refractivity contribution in [3.63, 3.8) is 0 Å². The van der Waals surface area contributed by atoms with E-state index >= 15 is 0 Å². The van der Waals surface area contributed by atoms with E-state index in [4.69, 9.17) is 4.74 Å². The zero-order chi connectivity index (χ0) is 22.7. The summed E-state index contributed by atoms with van der Waals surface area (Å²) in [6, 6.07) is 24.2. The molecule has 1 aromatic heterocycles. The Kier molecular flexibility index (Phi) is 6.14. The summed E-state index contributed by atoms with van der Waals surface area (Å²) >= 11 is 0. The number of amides is 1. The molecule has 33 heavy (non-hydrogen) atoms. The van der Waals surface area contributed by atoms with Gasteiger partial charge in [0.15, 0.2) is 0 Å². The molecule has 1 aliphatic heterocycles. The molecule has 1 atom stereocenters. The number of likely N-dealkylation sites (tertiary alicyclic amines) is 1. The minimum Gasteiger partial charge on any atom is -0.457 e. The summed E-state index contributed by atoms with van der Waals surface area (Å²) in [7, 11) is 0. The van der Waals surface area contributed by atoms with Crippen LogP contribution in [0.5, 0.6) is 11.5 Å². The third kappa shape index (κ3) is 5.25. The van der Waals surface area contributed by atoms with Crippen molar-refractivity contribution in [2.45, 2.75) is 39.3 Å². The van der Waals surface area contributed by atoms with E-state index in [2.05, 4.69) is 33.4 Å². The molecular weight excluding hydrogens is 410 g/mol. The number of nitrogens with one attached hydrogen (secondary N) is 1. The Morgan fingerprint density at radius 1 is 1.03 bits per heavy atom. The summed E-state index contributed by atoms with van der Waals surface area (Å²) in [5.41, 5.74) is 3.37. The highest BCUT2D eigenvalue weighted by Gasteiger charge is 2.58. The number of hydrogen-bond acceptors (Lipinski definition) is 4. The molecule has 2 heterocycles. The van der Waals surface area contributed by atoms with E-state index in [1.807, 2.05) is 61.5 Å². The lowest BCUT2D eigenvalue weighted by Gasteiger charge is -2.32. The maximum Gasteiger partial charge on any atom is 0.224 e. The summed E-state index contributed by atoms with van der Waals surface area (Å²) < 4.78 is 5.99. The lowest BCUT2D eigenvalue weighted by molar-refractivity contribution is -0.123. The van der Waals surface area contributed by atoms with Crippen LogP contribution in [0, 0.1) is 18.3 Å². The first-order chi connectivity index (χ1) is 16.1. The van der Waals surface area contributed by atoms with Gasteiger partial charge in [0.2, 0.25) is 5.91 Å². The predicted molar refractivity (Wildman–Crippen MR) is 129 cm³/mol. The summed E-state index contributed by atoms with van der Waals surface area (Å²) in [6.45, 7) is 5.47. The molecule has 2 fully saturated rings. The number of nitrogens with zero attached hydrogens (tertiary/aromatic N) is 2. The van der Waals surface area contributed by atoms with Crippen LogP contribution in [-0.4, -0.2) is 28.9 Å². The van der Waals surface area contributed by atoms with E-state index in [0.717, 1.165) is 61.8 Å². The number of pyridine rings is 1. The number of ether oxygens (including phenoxy) is 1. The molecule has 5 nitrogen and oxygen atoms in total. The van der Waals surface area contributed by atoms with Gasteiger partial charge in [-0.05, 0) is 86.7 Å². The Hall–Kier alpha value is -3.18. The van der Waals surface area contributed by atoms with Crippen molar-refractivity contribution in [3.05, 3.63) is 89.7 Å². The van der Waals surface area contributed by atoms with Crippen LogP contribution in [0.2, 0.25) is 0 Å². The largest absolute Gasteiger partial charge is 0.457 e. The Balaban J connectivity index is 1.10. The second-order valence-electron chi connectivity index (χ2n) is 9.45. The highest BCUT2D eigenvalue weighted by atomic mass is 16.5. The fraction of sp³-hybridized carbons (Fsp3) is 0.357. The van der Waals surface area contributed by atoms with Crippen molar-refractivity contribution >= 4 is 5.91 Å². The average molecular weight is 442 g/mol. The van der Waals surface area contributed by atoms with Gasteiger partial charge in [0.05, 0.1) is 12.2 Å². The van der Waals surface area contributed by atoms with Crippen molar-refractivity contribution in [1.29, 1.82) is 0 Å². The van der Waals surface area contributed by atoms with Crippen molar-refractivity contribution in [2.24, 2.45) is 11.3 Å². The molecule has 5 rings (SSSR count). The summed E-state index contributed by atoms with van der Waals surface area (Å²) in [5, 5.41) is 3.11. The van der Waals surface area contributed by atoms with Crippen molar-refractivity contribution in [3.8, 4) is 11.5 Å². The molecule has 3 aromatic rings. The molecule has 1 spiro atoms. The van der Waals surface area contributed by atoms with E-state index in [1.54, 1.807) is 0 Å². The molecule has 5 heteroatoms. The van der Waals surface area contributed by atoms with Gasteiger partial charge in [-0.2, -0.15) is 0 Å². The molecule has 1 saturated heterocycles. The quantitative estimate of drug-likeness (QED) is 0.554. The number of carbonyl (C=O) groups excluding carboxylic acids is 1. The Labute approximate surface area is 195 Å². The first-order valence-corrected chi connectivity index (χ1v) is 11.8. The fourth-order valence-corrected chi connectivity index (χ4v) is 5.02. The van der Waals surface area contributed by atoms with Crippen LogP contribution in [0.15, 0.2) is 72.8 Å². The van der Waals surface area contributed by atoms with Gasteiger partial charge in [-0.15, -0.1) is 0 Å². The number of hydrogen-bond donors (Lipinski definition) is 1. The first kappa shape index (κ1) is 21.7. The lowest BCUT2D eigenvalue weighted by atomic mass is 9.90.